The van der Waals surface area contributed by atoms with E-state index in [2.05, 4.69) is 40.9 Å². The van der Waals surface area contributed by atoms with Crippen LogP contribution in [0.15, 0.2) is 36.9 Å². The lowest BCUT2D eigenvalue weighted by molar-refractivity contribution is 0.215. The highest BCUT2D eigenvalue weighted by Crippen LogP contribution is 2.51. The molecule has 0 amide bonds. The summed E-state index contributed by atoms with van der Waals surface area (Å²) in [4.78, 5) is 4.23. The van der Waals surface area contributed by atoms with Crippen molar-refractivity contribution >= 4 is 12.4 Å². The Morgan fingerprint density at radius 3 is 2.96 bits per heavy atom. The van der Waals surface area contributed by atoms with Gasteiger partial charge in [0, 0.05) is 18.9 Å². The third-order valence-electron chi connectivity index (χ3n) is 6.09. The highest BCUT2D eigenvalue weighted by Gasteiger charge is 2.42. The first-order valence-corrected chi connectivity index (χ1v) is 9.38. The summed E-state index contributed by atoms with van der Waals surface area (Å²) in [6.45, 7) is 3.45. The number of halogens is 1. The van der Waals surface area contributed by atoms with E-state index in [-0.39, 0.29) is 12.4 Å². The summed E-state index contributed by atoms with van der Waals surface area (Å²) in [5.41, 5.74) is 5.53. The zero-order valence-electron chi connectivity index (χ0n) is 14.7. The fraction of sp³-hybridized carbons (Fsp3) is 0.571. The summed E-state index contributed by atoms with van der Waals surface area (Å²) < 4.78 is 2.27. The quantitative estimate of drug-likeness (QED) is 0.716. The molecule has 130 valence electrons. The van der Waals surface area contributed by atoms with Crippen LogP contribution in [0.25, 0.3) is 0 Å². The topological polar surface area (TPSA) is 17.8 Å². The summed E-state index contributed by atoms with van der Waals surface area (Å²) in [6, 6.07) is 7.10. The molecule has 4 rings (SSSR count). The second kappa shape index (κ2) is 7.31. The van der Waals surface area contributed by atoms with E-state index in [4.69, 9.17) is 0 Å². The summed E-state index contributed by atoms with van der Waals surface area (Å²) >= 11 is 0. The smallest absolute Gasteiger partial charge is 0.0945 e. The number of unbranched alkanes of at least 4 members (excludes halogenated alkanes) is 1. The van der Waals surface area contributed by atoms with Crippen molar-refractivity contribution in [1.82, 2.24) is 9.55 Å². The highest BCUT2D eigenvalue weighted by molar-refractivity contribution is 5.85. The molecule has 0 bridgehead atoms. The Balaban J connectivity index is 0.00000169. The minimum atomic E-state index is 0. The van der Waals surface area contributed by atoms with Crippen LogP contribution in [0.2, 0.25) is 0 Å². The second-order valence-electron chi connectivity index (χ2n) is 7.72. The van der Waals surface area contributed by atoms with Crippen LogP contribution < -0.4 is 0 Å². The van der Waals surface area contributed by atoms with Gasteiger partial charge in [0.1, 0.15) is 0 Å². The molecule has 0 fully saturated rings. The molecule has 2 aliphatic carbocycles. The van der Waals surface area contributed by atoms with Gasteiger partial charge in [0.25, 0.3) is 0 Å². The van der Waals surface area contributed by atoms with Crippen molar-refractivity contribution in [2.24, 2.45) is 5.92 Å². The van der Waals surface area contributed by atoms with Gasteiger partial charge in [-0.2, -0.15) is 0 Å². The van der Waals surface area contributed by atoms with Crippen LogP contribution in [0.5, 0.6) is 0 Å². The number of benzene rings is 1. The number of aromatic nitrogens is 2. The van der Waals surface area contributed by atoms with Gasteiger partial charge in [-0.15, -0.1) is 12.4 Å². The summed E-state index contributed by atoms with van der Waals surface area (Å²) in [6.07, 6.45) is 16.7. The molecule has 0 N–H and O–H groups in total. The number of aryl methyl sites for hydroxylation is 1. The SMILES string of the molecule is CCCC[C@]12CCCc3cccc(c31)C[C@H](Cn1ccnc1)C2.Cl. The van der Waals surface area contributed by atoms with Gasteiger partial charge in [-0.3, -0.25) is 0 Å². The predicted molar refractivity (Wildman–Crippen MR) is 102 cm³/mol. The maximum atomic E-state index is 4.23. The zero-order valence-corrected chi connectivity index (χ0v) is 15.5. The van der Waals surface area contributed by atoms with Gasteiger partial charge in [0.05, 0.1) is 6.33 Å². The molecular weight excluding hydrogens is 316 g/mol. The van der Waals surface area contributed by atoms with Crippen molar-refractivity contribution in [1.29, 1.82) is 0 Å². The lowest BCUT2D eigenvalue weighted by atomic mass is 9.58. The molecule has 1 aromatic carbocycles. The van der Waals surface area contributed by atoms with Crippen LogP contribution in [0.3, 0.4) is 0 Å². The molecule has 0 unspecified atom stereocenters. The molecule has 0 saturated carbocycles. The Hall–Kier alpha value is -1.28. The lowest BCUT2D eigenvalue weighted by Crippen LogP contribution is -2.39. The Bertz CT molecular complexity index is 664. The second-order valence-corrected chi connectivity index (χ2v) is 7.72. The molecule has 0 spiro atoms. The minimum Gasteiger partial charge on any atom is -0.337 e. The Labute approximate surface area is 152 Å². The maximum absolute atomic E-state index is 4.23. The molecule has 2 nitrogen and oxygen atoms in total. The number of nitrogens with zero attached hydrogens (tertiary/aromatic N) is 2. The van der Waals surface area contributed by atoms with Gasteiger partial charge >= 0.3 is 0 Å². The zero-order chi connectivity index (χ0) is 15.7. The van der Waals surface area contributed by atoms with Crippen LogP contribution in [0.4, 0.5) is 0 Å². The lowest BCUT2D eigenvalue weighted by Gasteiger charge is -2.47. The van der Waals surface area contributed by atoms with Crippen molar-refractivity contribution in [2.45, 2.75) is 70.3 Å². The van der Waals surface area contributed by atoms with E-state index >= 15 is 0 Å². The molecule has 1 heterocycles. The number of imidazole rings is 1. The normalized spacial score (nSPS) is 25.0. The van der Waals surface area contributed by atoms with Crippen LogP contribution in [-0.4, -0.2) is 9.55 Å². The predicted octanol–water partition coefficient (Wildman–Crippen LogP) is 5.33. The van der Waals surface area contributed by atoms with Crippen molar-refractivity contribution in [3.8, 4) is 0 Å². The molecule has 2 atom stereocenters. The molecule has 2 aliphatic rings. The van der Waals surface area contributed by atoms with Gasteiger partial charge < -0.3 is 4.57 Å². The van der Waals surface area contributed by atoms with E-state index in [1.165, 1.54) is 51.4 Å². The average molecular weight is 345 g/mol. The fourth-order valence-electron chi connectivity index (χ4n) is 5.28. The maximum Gasteiger partial charge on any atom is 0.0945 e. The van der Waals surface area contributed by atoms with Crippen molar-refractivity contribution < 1.29 is 0 Å². The molecular formula is C21H29ClN2. The third kappa shape index (κ3) is 3.13. The monoisotopic (exact) mass is 344 g/mol. The van der Waals surface area contributed by atoms with Gasteiger partial charge in [-0.05, 0) is 66.5 Å². The van der Waals surface area contributed by atoms with Crippen molar-refractivity contribution in [3.63, 3.8) is 0 Å². The van der Waals surface area contributed by atoms with E-state index in [1.807, 2.05) is 12.5 Å². The molecule has 24 heavy (non-hydrogen) atoms. The average Bonchev–Trinajstić information content (AvgIpc) is 3.06. The van der Waals surface area contributed by atoms with Gasteiger partial charge in [-0.1, -0.05) is 38.0 Å². The Kier molecular flexibility index (Phi) is 5.34. The fourth-order valence-corrected chi connectivity index (χ4v) is 5.28. The van der Waals surface area contributed by atoms with E-state index in [0.717, 1.165) is 12.5 Å². The number of hydrogen-bond donors (Lipinski definition) is 0. The largest absolute Gasteiger partial charge is 0.337 e. The minimum absolute atomic E-state index is 0. The standard InChI is InChI=1S/C21H28N2.ClH/c1-2-3-9-21-10-5-8-18-6-4-7-19(20(18)21)13-17(14-21)15-23-12-11-22-16-23;/h4,6-7,11-12,16-17H,2-3,5,8-10,13-15H2,1H3;1H/t17-,21+;/m0./s1. The number of hydrogen-bond acceptors (Lipinski definition) is 1. The summed E-state index contributed by atoms with van der Waals surface area (Å²) in [7, 11) is 0. The van der Waals surface area contributed by atoms with Crippen LogP contribution in [-0.2, 0) is 24.8 Å². The summed E-state index contributed by atoms with van der Waals surface area (Å²) in [5, 5.41) is 0. The van der Waals surface area contributed by atoms with Crippen LogP contribution in [0.1, 0.15) is 62.1 Å². The molecule has 1 aromatic heterocycles. The third-order valence-corrected chi connectivity index (χ3v) is 6.09. The van der Waals surface area contributed by atoms with Crippen molar-refractivity contribution in [2.75, 3.05) is 0 Å². The molecule has 2 aromatic rings. The van der Waals surface area contributed by atoms with Crippen molar-refractivity contribution in [3.05, 3.63) is 53.6 Å². The van der Waals surface area contributed by atoms with Gasteiger partial charge in [0.2, 0.25) is 0 Å². The molecule has 0 aliphatic heterocycles. The van der Waals surface area contributed by atoms with E-state index in [1.54, 1.807) is 16.7 Å². The van der Waals surface area contributed by atoms with Gasteiger partial charge in [0.15, 0.2) is 0 Å². The number of rotatable bonds is 5. The molecule has 0 saturated heterocycles. The Morgan fingerprint density at radius 2 is 2.17 bits per heavy atom. The first-order valence-electron chi connectivity index (χ1n) is 9.38. The molecule has 3 heteroatoms. The highest BCUT2D eigenvalue weighted by atomic mass is 35.5. The van der Waals surface area contributed by atoms with Gasteiger partial charge in [-0.25, -0.2) is 4.98 Å². The van der Waals surface area contributed by atoms with E-state index in [0.29, 0.717) is 5.41 Å². The summed E-state index contributed by atoms with van der Waals surface area (Å²) in [5.74, 6) is 0.752. The van der Waals surface area contributed by atoms with E-state index in [9.17, 15) is 0 Å². The first kappa shape index (κ1) is 17.5. The Morgan fingerprint density at radius 1 is 1.29 bits per heavy atom. The van der Waals surface area contributed by atoms with Crippen LogP contribution in [0, 0.1) is 5.92 Å². The first-order chi connectivity index (χ1) is 11.3. The van der Waals surface area contributed by atoms with Crippen LogP contribution >= 0.6 is 12.4 Å². The van der Waals surface area contributed by atoms with E-state index < -0.39 is 0 Å². The molecule has 0 radical (unpaired) electrons.